The zero-order valence-corrected chi connectivity index (χ0v) is 20.7. The van der Waals surface area contributed by atoms with Crippen molar-refractivity contribution in [3.8, 4) is 6.07 Å². The molecule has 1 rings (SSSR count). The van der Waals surface area contributed by atoms with E-state index in [9.17, 15) is 0 Å². The maximum absolute atomic E-state index is 8.95. The van der Waals surface area contributed by atoms with Gasteiger partial charge >= 0.3 is 0 Å². The molecule has 1 aliphatic heterocycles. The molecule has 0 radical (unpaired) electrons. The molecule has 0 bridgehead atoms. The molecule has 0 aliphatic carbocycles. The van der Waals surface area contributed by atoms with E-state index in [2.05, 4.69) is 59.8 Å². The summed E-state index contributed by atoms with van der Waals surface area (Å²) in [6.45, 7) is 13.7. The first kappa shape index (κ1) is 28.4. The van der Waals surface area contributed by atoms with Crippen LogP contribution < -0.4 is 11.1 Å². The average molecular weight is 450 g/mol. The van der Waals surface area contributed by atoms with Gasteiger partial charge in [0.15, 0.2) is 0 Å². The summed E-state index contributed by atoms with van der Waals surface area (Å²) in [6, 6.07) is 2.16. The molecule has 1 aliphatic rings. The summed E-state index contributed by atoms with van der Waals surface area (Å²) in [7, 11) is 1.98. The van der Waals surface area contributed by atoms with E-state index in [0.29, 0.717) is 11.5 Å². The van der Waals surface area contributed by atoms with E-state index in [4.69, 9.17) is 16.0 Å². The summed E-state index contributed by atoms with van der Waals surface area (Å²) in [5.41, 5.74) is 7.17. The van der Waals surface area contributed by atoms with Crippen LogP contribution >= 0.6 is 0 Å². The van der Waals surface area contributed by atoms with Gasteiger partial charge in [0, 0.05) is 25.2 Å². The van der Waals surface area contributed by atoms with Crippen LogP contribution in [0.3, 0.4) is 0 Å². The van der Waals surface area contributed by atoms with Gasteiger partial charge in [0.25, 0.3) is 0 Å². The van der Waals surface area contributed by atoms with Crippen LogP contribution in [0.1, 0.15) is 45.4 Å². The van der Waals surface area contributed by atoms with Gasteiger partial charge in [-0.3, -0.25) is 9.89 Å². The number of rotatable bonds is 11. The third-order valence-electron chi connectivity index (χ3n) is 5.98. The van der Waals surface area contributed by atoms with E-state index >= 15 is 0 Å². The van der Waals surface area contributed by atoms with Crippen LogP contribution in [-0.2, 0) is 0 Å². The Morgan fingerprint density at radius 3 is 2.88 bits per heavy atom. The quantitative estimate of drug-likeness (QED) is 0.115. The molecule has 0 aromatic heterocycles. The summed E-state index contributed by atoms with van der Waals surface area (Å²) in [4.78, 5) is 7.16. The largest absolute Gasteiger partial charge is 0.390 e. The van der Waals surface area contributed by atoms with Gasteiger partial charge in [0.1, 0.15) is 0 Å². The Morgan fingerprint density at radius 2 is 2.18 bits per heavy atom. The second-order valence-corrected chi connectivity index (χ2v) is 8.66. The predicted octanol–water partition coefficient (Wildman–Crippen LogP) is 5.08. The minimum Gasteiger partial charge on any atom is -0.390 e. The highest BCUT2D eigenvalue weighted by molar-refractivity contribution is 5.54. The lowest BCUT2D eigenvalue weighted by atomic mass is 9.81. The SMILES string of the molecule is C=CCC(/C=C\C=C(/C)C#N)CN1CC=CC(=C)[C@@](CCCNC)(N=CN)CCC/C=C/C1. The van der Waals surface area contributed by atoms with Crippen LogP contribution in [0.2, 0.25) is 0 Å². The van der Waals surface area contributed by atoms with Crippen molar-refractivity contribution in [1.82, 2.24) is 10.2 Å². The highest BCUT2D eigenvalue weighted by Gasteiger charge is 2.30. The fourth-order valence-corrected chi connectivity index (χ4v) is 4.09. The summed E-state index contributed by atoms with van der Waals surface area (Å²) < 4.78 is 0. The second-order valence-electron chi connectivity index (χ2n) is 8.66. The van der Waals surface area contributed by atoms with E-state index in [-0.39, 0.29) is 5.54 Å². The molecule has 3 N–H and O–H groups in total. The first-order chi connectivity index (χ1) is 16.0. The molecule has 1 unspecified atom stereocenters. The molecule has 0 aromatic rings. The lowest BCUT2D eigenvalue weighted by molar-refractivity contribution is 0.299. The molecule has 5 heteroatoms. The molecule has 0 amide bonds. The van der Waals surface area contributed by atoms with Gasteiger partial charge in [0.05, 0.1) is 17.9 Å². The van der Waals surface area contributed by atoms with Crippen LogP contribution in [-0.4, -0.2) is 50.0 Å². The van der Waals surface area contributed by atoms with E-state index in [0.717, 1.165) is 70.3 Å². The molecule has 180 valence electrons. The zero-order valence-electron chi connectivity index (χ0n) is 20.7. The lowest BCUT2D eigenvalue weighted by Crippen LogP contribution is -2.32. The Labute approximate surface area is 201 Å². The third kappa shape index (κ3) is 11.1. The smallest absolute Gasteiger partial charge is 0.0944 e. The van der Waals surface area contributed by atoms with Crippen LogP contribution in [0.25, 0.3) is 0 Å². The van der Waals surface area contributed by atoms with E-state index < -0.39 is 0 Å². The maximum atomic E-state index is 8.95. The van der Waals surface area contributed by atoms with Gasteiger partial charge in [-0.15, -0.1) is 6.58 Å². The molecule has 33 heavy (non-hydrogen) atoms. The predicted molar refractivity (Wildman–Crippen MR) is 143 cm³/mol. The highest BCUT2D eigenvalue weighted by Crippen LogP contribution is 2.33. The maximum Gasteiger partial charge on any atom is 0.0944 e. The van der Waals surface area contributed by atoms with Crippen molar-refractivity contribution in [2.75, 3.05) is 33.2 Å². The van der Waals surface area contributed by atoms with Crippen LogP contribution in [0.15, 0.2) is 77.9 Å². The van der Waals surface area contributed by atoms with Crippen molar-refractivity contribution < 1.29 is 0 Å². The lowest BCUT2D eigenvalue weighted by Gasteiger charge is -2.31. The minimum absolute atomic E-state index is 0.334. The van der Waals surface area contributed by atoms with Crippen molar-refractivity contribution in [3.63, 3.8) is 0 Å². The molecule has 5 nitrogen and oxygen atoms in total. The third-order valence-corrected chi connectivity index (χ3v) is 5.98. The molecule has 0 saturated carbocycles. The zero-order chi connectivity index (χ0) is 24.4. The minimum atomic E-state index is -0.334. The Morgan fingerprint density at radius 1 is 1.39 bits per heavy atom. The molecule has 0 saturated heterocycles. The van der Waals surface area contributed by atoms with E-state index in [1.165, 1.54) is 6.34 Å². The molecule has 2 atom stereocenters. The summed E-state index contributed by atoms with van der Waals surface area (Å²) in [5.74, 6) is 0.339. The van der Waals surface area contributed by atoms with Gasteiger partial charge in [-0.05, 0) is 76.6 Å². The van der Waals surface area contributed by atoms with Crippen molar-refractivity contribution in [2.24, 2.45) is 16.6 Å². The molecule has 0 fully saturated rings. The van der Waals surface area contributed by atoms with Gasteiger partial charge < -0.3 is 11.1 Å². The van der Waals surface area contributed by atoms with Crippen molar-refractivity contribution in [3.05, 3.63) is 72.9 Å². The van der Waals surface area contributed by atoms with Crippen molar-refractivity contribution in [2.45, 2.75) is 51.0 Å². The van der Waals surface area contributed by atoms with E-state index in [1.54, 1.807) is 0 Å². The van der Waals surface area contributed by atoms with Gasteiger partial charge in [-0.25, -0.2) is 0 Å². The normalized spacial score (nSPS) is 23.2. The molecule has 0 aromatic carbocycles. The number of hydrogen-bond acceptors (Lipinski definition) is 4. The van der Waals surface area contributed by atoms with Crippen LogP contribution in [0.4, 0.5) is 0 Å². The first-order valence-electron chi connectivity index (χ1n) is 12.0. The molecular formula is C28H43N5. The standard InChI is InChI=1S/C28H43N5/c1-5-13-27(16-10-14-25(2)22-29)23-33-20-9-7-6-8-17-28(32-24-30,18-12-19-31-4)26(3)15-11-21-33/h5,7,9-11,14-16,24,27,31H,1,3,6,8,12-13,17-21,23H2,2,4H3,(H2,30,32)/b9-7+,15-11?,16-10-,25-14+/t27?,28-/m1/s1. The second kappa shape index (κ2) is 16.9. The Hall–Kier alpha value is -2.68. The molecule has 1 heterocycles. The van der Waals surface area contributed by atoms with Crippen molar-refractivity contribution >= 4 is 6.34 Å². The Bertz CT molecular complexity index is 781. The fourth-order valence-electron chi connectivity index (χ4n) is 4.09. The summed E-state index contributed by atoms with van der Waals surface area (Å²) >= 11 is 0. The number of nitrogens with one attached hydrogen (secondary N) is 1. The number of aliphatic imine (C=N–C) groups is 1. The van der Waals surface area contributed by atoms with Gasteiger partial charge in [-0.1, -0.05) is 49.1 Å². The number of nitrogens with two attached hydrogens (primary N) is 1. The number of nitriles is 1. The number of hydrogen-bond donors (Lipinski definition) is 2. The van der Waals surface area contributed by atoms with Crippen molar-refractivity contribution in [1.29, 1.82) is 5.26 Å². The summed E-state index contributed by atoms with van der Waals surface area (Å²) in [6.07, 6.45) is 24.2. The average Bonchev–Trinajstić information content (AvgIpc) is 2.80. The number of allylic oxidation sites excluding steroid dienone is 5. The number of nitrogens with zero attached hydrogens (tertiary/aromatic N) is 3. The van der Waals surface area contributed by atoms with Gasteiger partial charge in [-0.2, -0.15) is 5.26 Å². The Kier molecular flexibility index (Phi) is 14.5. The first-order valence-corrected chi connectivity index (χ1v) is 12.0. The summed E-state index contributed by atoms with van der Waals surface area (Å²) in [5, 5.41) is 12.2. The monoisotopic (exact) mass is 449 g/mol. The highest BCUT2D eigenvalue weighted by atomic mass is 15.1. The van der Waals surface area contributed by atoms with Gasteiger partial charge in [0.2, 0.25) is 0 Å². The molecular weight excluding hydrogens is 406 g/mol. The van der Waals surface area contributed by atoms with Crippen LogP contribution in [0.5, 0.6) is 0 Å². The topological polar surface area (TPSA) is 77.4 Å². The van der Waals surface area contributed by atoms with Crippen LogP contribution in [0, 0.1) is 17.2 Å². The fraction of sp³-hybridized carbons (Fsp3) is 0.500. The Balaban J connectivity index is 3.00. The van der Waals surface area contributed by atoms with E-state index in [1.807, 2.05) is 32.2 Å². The molecule has 0 spiro atoms.